The summed E-state index contributed by atoms with van der Waals surface area (Å²) in [4.78, 5) is 0. The van der Waals surface area contributed by atoms with Crippen LogP contribution < -0.4 is 10.1 Å². The summed E-state index contributed by atoms with van der Waals surface area (Å²) in [5, 5.41) is 3.72. The zero-order valence-corrected chi connectivity index (χ0v) is 12.5. The van der Waals surface area contributed by atoms with Gasteiger partial charge < -0.3 is 10.1 Å². The Balaban J connectivity index is 1.89. The van der Waals surface area contributed by atoms with Gasteiger partial charge in [0.15, 0.2) is 0 Å². The van der Waals surface area contributed by atoms with Gasteiger partial charge >= 0.3 is 0 Å². The molecule has 0 saturated heterocycles. The molecule has 1 saturated carbocycles. The molecule has 2 aliphatic rings. The third kappa shape index (κ3) is 2.45. The van der Waals surface area contributed by atoms with Gasteiger partial charge in [0.25, 0.3) is 0 Å². The van der Waals surface area contributed by atoms with E-state index in [1.165, 1.54) is 30.5 Å². The lowest BCUT2D eigenvalue weighted by Gasteiger charge is -2.40. The lowest BCUT2D eigenvalue weighted by Crippen LogP contribution is -2.45. The second-order valence-corrected chi connectivity index (χ2v) is 7.29. The Hall–Kier alpha value is -1.18. The standard InChI is InChI=1S/C17H25NO/c1-11-5-7-15-13(9-11)18-14-10-12(17(2,3)4)6-8-16(14)19-15/h6,8,10-11,13,15,18H,5,7,9H2,1-4H3. The van der Waals surface area contributed by atoms with Crippen LogP contribution in [0.1, 0.15) is 52.5 Å². The highest BCUT2D eigenvalue weighted by molar-refractivity contribution is 5.61. The van der Waals surface area contributed by atoms with Crippen molar-refractivity contribution in [2.45, 2.75) is 64.5 Å². The van der Waals surface area contributed by atoms with Gasteiger partial charge in [-0.15, -0.1) is 0 Å². The van der Waals surface area contributed by atoms with E-state index in [1.54, 1.807) is 0 Å². The van der Waals surface area contributed by atoms with E-state index < -0.39 is 0 Å². The maximum atomic E-state index is 6.19. The molecular weight excluding hydrogens is 234 g/mol. The maximum absolute atomic E-state index is 6.19. The fraction of sp³-hybridized carbons (Fsp3) is 0.647. The van der Waals surface area contributed by atoms with Crippen LogP contribution in [0, 0.1) is 5.92 Å². The van der Waals surface area contributed by atoms with E-state index in [-0.39, 0.29) is 5.41 Å². The molecule has 3 atom stereocenters. The maximum Gasteiger partial charge on any atom is 0.142 e. The van der Waals surface area contributed by atoms with Crippen molar-refractivity contribution in [3.8, 4) is 5.75 Å². The summed E-state index contributed by atoms with van der Waals surface area (Å²) in [6.07, 6.45) is 4.06. The van der Waals surface area contributed by atoms with Crippen LogP contribution in [0.4, 0.5) is 5.69 Å². The summed E-state index contributed by atoms with van der Waals surface area (Å²) >= 11 is 0. The zero-order chi connectivity index (χ0) is 13.6. The van der Waals surface area contributed by atoms with Crippen molar-refractivity contribution in [2.75, 3.05) is 5.32 Å². The van der Waals surface area contributed by atoms with Crippen LogP contribution >= 0.6 is 0 Å². The fourth-order valence-corrected chi connectivity index (χ4v) is 3.22. The third-order valence-corrected chi connectivity index (χ3v) is 4.51. The topological polar surface area (TPSA) is 21.3 Å². The van der Waals surface area contributed by atoms with Gasteiger partial charge in [0.05, 0.1) is 11.7 Å². The molecule has 104 valence electrons. The van der Waals surface area contributed by atoms with Crippen LogP contribution in [-0.4, -0.2) is 12.1 Å². The molecule has 1 aromatic rings. The summed E-state index contributed by atoms with van der Waals surface area (Å²) in [6.45, 7) is 9.11. The van der Waals surface area contributed by atoms with E-state index in [0.29, 0.717) is 12.1 Å². The van der Waals surface area contributed by atoms with Crippen LogP contribution in [0.15, 0.2) is 18.2 Å². The second-order valence-electron chi connectivity index (χ2n) is 7.29. The van der Waals surface area contributed by atoms with Gasteiger partial charge in [-0.2, -0.15) is 0 Å². The van der Waals surface area contributed by atoms with E-state index in [0.717, 1.165) is 11.7 Å². The van der Waals surface area contributed by atoms with Gasteiger partial charge in [0.2, 0.25) is 0 Å². The number of hydrogen-bond acceptors (Lipinski definition) is 2. The molecule has 2 nitrogen and oxygen atoms in total. The zero-order valence-electron chi connectivity index (χ0n) is 12.5. The lowest BCUT2D eigenvalue weighted by molar-refractivity contribution is 0.112. The normalized spacial score (nSPS) is 29.8. The van der Waals surface area contributed by atoms with Crippen LogP contribution in [0.3, 0.4) is 0 Å². The Bertz CT molecular complexity index is 475. The Morgan fingerprint density at radius 2 is 2.00 bits per heavy atom. The molecule has 0 radical (unpaired) electrons. The summed E-state index contributed by atoms with van der Waals surface area (Å²) in [7, 11) is 0. The van der Waals surface area contributed by atoms with Gasteiger partial charge in [-0.1, -0.05) is 33.8 Å². The number of nitrogens with one attached hydrogen (secondary N) is 1. The smallest absolute Gasteiger partial charge is 0.142 e. The van der Waals surface area contributed by atoms with Crippen molar-refractivity contribution in [3.63, 3.8) is 0 Å². The van der Waals surface area contributed by atoms with Gasteiger partial charge in [-0.3, -0.25) is 0 Å². The van der Waals surface area contributed by atoms with E-state index in [2.05, 4.69) is 51.2 Å². The first-order valence-electron chi connectivity index (χ1n) is 7.51. The molecule has 19 heavy (non-hydrogen) atoms. The van der Waals surface area contributed by atoms with Crippen LogP contribution in [-0.2, 0) is 5.41 Å². The summed E-state index contributed by atoms with van der Waals surface area (Å²) in [5.41, 5.74) is 2.74. The molecule has 0 bridgehead atoms. The van der Waals surface area contributed by atoms with Crippen LogP contribution in [0.25, 0.3) is 0 Å². The predicted molar refractivity (Wildman–Crippen MR) is 80.0 cm³/mol. The highest BCUT2D eigenvalue weighted by Crippen LogP contribution is 2.39. The van der Waals surface area contributed by atoms with Crippen molar-refractivity contribution < 1.29 is 4.74 Å². The molecule has 1 aliphatic heterocycles. The van der Waals surface area contributed by atoms with Gasteiger partial charge in [-0.25, -0.2) is 0 Å². The second kappa shape index (κ2) is 4.43. The number of fused-ring (bicyclic) bond motifs is 2. The van der Waals surface area contributed by atoms with Crippen molar-refractivity contribution in [1.29, 1.82) is 0 Å². The Kier molecular flexibility index (Phi) is 2.99. The molecule has 1 heterocycles. The highest BCUT2D eigenvalue weighted by atomic mass is 16.5. The number of rotatable bonds is 0. The first kappa shape index (κ1) is 12.8. The average molecular weight is 259 g/mol. The minimum absolute atomic E-state index is 0.188. The first-order valence-corrected chi connectivity index (χ1v) is 7.51. The van der Waals surface area contributed by atoms with E-state index >= 15 is 0 Å². The van der Waals surface area contributed by atoms with Gasteiger partial charge in [-0.05, 0) is 48.3 Å². The fourth-order valence-electron chi connectivity index (χ4n) is 3.22. The summed E-state index contributed by atoms with van der Waals surface area (Å²) < 4.78 is 6.19. The molecule has 3 rings (SSSR count). The molecule has 0 spiro atoms. The van der Waals surface area contributed by atoms with E-state index in [1.807, 2.05) is 0 Å². The Morgan fingerprint density at radius 3 is 2.74 bits per heavy atom. The number of benzene rings is 1. The molecule has 1 fully saturated rings. The SMILES string of the molecule is CC1CCC2Oc3ccc(C(C)(C)C)cc3NC2C1. The highest BCUT2D eigenvalue weighted by Gasteiger charge is 2.34. The minimum atomic E-state index is 0.188. The average Bonchev–Trinajstić information content (AvgIpc) is 2.34. The first-order chi connectivity index (χ1) is 8.93. The monoisotopic (exact) mass is 259 g/mol. The van der Waals surface area contributed by atoms with Crippen molar-refractivity contribution >= 4 is 5.69 Å². The number of anilines is 1. The van der Waals surface area contributed by atoms with Crippen molar-refractivity contribution in [3.05, 3.63) is 23.8 Å². The Morgan fingerprint density at radius 1 is 1.21 bits per heavy atom. The molecule has 0 amide bonds. The van der Waals surface area contributed by atoms with E-state index in [9.17, 15) is 0 Å². The van der Waals surface area contributed by atoms with Gasteiger partial charge in [0.1, 0.15) is 11.9 Å². The largest absolute Gasteiger partial charge is 0.486 e. The van der Waals surface area contributed by atoms with Crippen LogP contribution in [0.2, 0.25) is 0 Å². The molecule has 3 unspecified atom stereocenters. The minimum Gasteiger partial charge on any atom is -0.486 e. The third-order valence-electron chi connectivity index (χ3n) is 4.51. The predicted octanol–water partition coefficient (Wildman–Crippen LogP) is 4.35. The van der Waals surface area contributed by atoms with Crippen molar-refractivity contribution in [2.24, 2.45) is 5.92 Å². The molecule has 1 aliphatic carbocycles. The summed E-state index contributed by atoms with van der Waals surface area (Å²) in [6, 6.07) is 7.10. The Labute approximate surface area is 116 Å². The number of hydrogen-bond donors (Lipinski definition) is 1. The number of ether oxygens (including phenoxy) is 1. The molecule has 2 heteroatoms. The molecule has 1 N–H and O–H groups in total. The van der Waals surface area contributed by atoms with E-state index in [4.69, 9.17) is 4.74 Å². The lowest BCUT2D eigenvalue weighted by atomic mass is 9.83. The quantitative estimate of drug-likeness (QED) is 0.748. The molecule has 0 aromatic heterocycles. The molecule has 1 aromatic carbocycles. The summed E-state index contributed by atoms with van der Waals surface area (Å²) in [5.74, 6) is 1.84. The van der Waals surface area contributed by atoms with Crippen molar-refractivity contribution in [1.82, 2.24) is 0 Å². The van der Waals surface area contributed by atoms with Gasteiger partial charge in [0, 0.05) is 0 Å². The molecular formula is C17H25NO. The van der Waals surface area contributed by atoms with Crippen LogP contribution in [0.5, 0.6) is 5.75 Å².